The molecule has 2 saturated carbocycles. The van der Waals surface area contributed by atoms with Crippen LogP contribution < -0.4 is 0 Å². The Morgan fingerprint density at radius 1 is 1.24 bits per heavy atom. The van der Waals surface area contributed by atoms with Crippen LogP contribution >= 0.6 is 0 Å². The highest BCUT2D eigenvalue weighted by Crippen LogP contribution is 2.69. The number of hydrogen-bond donors (Lipinski definition) is 1. The fourth-order valence-corrected chi connectivity index (χ4v) is 7.58. The molecule has 2 unspecified atom stereocenters. The van der Waals surface area contributed by atoms with E-state index in [1.54, 1.807) is 18.9 Å². The van der Waals surface area contributed by atoms with Crippen LogP contribution in [-0.4, -0.2) is 22.4 Å². The van der Waals surface area contributed by atoms with Gasteiger partial charge < -0.3 is 5.11 Å². The van der Waals surface area contributed by atoms with Crippen molar-refractivity contribution in [2.75, 3.05) is 0 Å². The van der Waals surface area contributed by atoms with E-state index in [1.807, 2.05) is 25.1 Å². The molecular formula is C29H29F2NO2. The van der Waals surface area contributed by atoms with Crippen LogP contribution in [0.3, 0.4) is 0 Å². The first-order valence-electron chi connectivity index (χ1n) is 12.1. The summed E-state index contributed by atoms with van der Waals surface area (Å²) in [5, 5.41) is 21.2. The van der Waals surface area contributed by atoms with Gasteiger partial charge in [0.15, 0.2) is 5.78 Å². The average molecular weight is 462 g/mol. The molecule has 0 heterocycles. The van der Waals surface area contributed by atoms with Gasteiger partial charge in [-0.05, 0) is 97.6 Å². The smallest absolute Gasteiger partial charge is 0.336 e. The van der Waals surface area contributed by atoms with E-state index in [9.17, 15) is 15.2 Å². The predicted octanol–water partition coefficient (Wildman–Crippen LogP) is 5.77. The van der Waals surface area contributed by atoms with E-state index in [1.165, 1.54) is 11.1 Å². The van der Waals surface area contributed by atoms with Crippen molar-refractivity contribution in [3.05, 3.63) is 57.7 Å². The van der Waals surface area contributed by atoms with Crippen LogP contribution in [0.4, 0.5) is 8.78 Å². The van der Waals surface area contributed by atoms with E-state index < -0.39 is 16.9 Å². The molecule has 1 N–H and O–H groups in total. The highest BCUT2D eigenvalue weighted by atomic mass is 19.3. The van der Waals surface area contributed by atoms with Gasteiger partial charge in [-0.15, -0.1) is 6.42 Å². The molecule has 0 spiro atoms. The first kappa shape index (κ1) is 23.0. The molecule has 1 aromatic rings. The van der Waals surface area contributed by atoms with Crippen LogP contribution in [0.15, 0.2) is 41.0 Å². The van der Waals surface area contributed by atoms with Gasteiger partial charge in [-0.3, -0.25) is 4.79 Å². The summed E-state index contributed by atoms with van der Waals surface area (Å²) in [5.41, 5.74) is 2.48. The zero-order valence-corrected chi connectivity index (χ0v) is 19.6. The Morgan fingerprint density at radius 2 is 2.00 bits per heavy atom. The Balaban J connectivity index is 1.73. The van der Waals surface area contributed by atoms with Crippen molar-refractivity contribution in [3.8, 4) is 18.4 Å². The Morgan fingerprint density at radius 3 is 2.71 bits per heavy atom. The summed E-state index contributed by atoms with van der Waals surface area (Å²) in [7, 11) is 0. The molecule has 34 heavy (non-hydrogen) atoms. The number of carbonyl (C=O) groups is 1. The number of nitriles is 1. The topological polar surface area (TPSA) is 61.1 Å². The maximum atomic E-state index is 15.1. The molecule has 5 heteroatoms. The minimum absolute atomic E-state index is 0.0320. The van der Waals surface area contributed by atoms with Gasteiger partial charge in [0.25, 0.3) is 0 Å². The largest absolute Gasteiger partial charge is 0.382 e. The molecular weight excluding hydrogens is 432 g/mol. The highest BCUT2D eigenvalue weighted by molar-refractivity contribution is 5.93. The van der Waals surface area contributed by atoms with Gasteiger partial charge >= 0.3 is 5.92 Å². The molecule has 5 rings (SSSR count). The Bertz CT molecular complexity index is 1230. The number of ketones is 1. The Kier molecular flexibility index (Phi) is 5.16. The van der Waals surface area contributed by atoms with Crippen molar-refractivity contribution >= 4 is 5.78 Å². The van der Waals surface area contributed by atoms with Gasteiger partial charge in [0.05, 0.1) is 11.6 Å². The van der Waals surface area contributed by atoms with E-state index >= 15 is 8.78 Å². The molecule has 176 valence electrons. The number of nitrogens with zero attached hydrogens (tertiary/aromatic N) is 1. The number of rotatable bonds is 2. The van der Waals surface area contributed by atoms with E-state index in [2.05, 4.69) is 6.07 Å². The van der Waals surface area contributed by atoms with Crippen LogP contribution in [0.5, 0.6) is 0 Å². The van der Waals surface area contributed by atoms with E-state index in [4.69, 9.17) is 6.42 Å². The second-order valence-electron chi connectivity index (χ2n) is 10.8. The molecule has 2 fully saturated rings. The summed E-state index contributed by atoms with van der Waals surface area (Å²) >= 11 is 0. The number of hydrogen-bond acceptors (Lipinski definition) is 3. The van der Waals surface area contributed by atoms with E-state index in [0.717, 1.165) is 29.5 Å². The lowest BCUT2D eigenvalue weighted by Crippen LogP contribution is -2.60. The third-order valence-corrected chi connectivity index (χ3v) is 9.37. The predicted molar refractivity (Wildman–Crippen MR) is 125 cm³/mol. The van der Waals surface area contributed by atoms with Crippen molar-refractivity contribution in [2.45, 2.75) is 76.2 Å². The number of fused-ring (bicyclic) bond motifs is 4. The summed E-state index contributed by atoms with van der Waals surface area (Å²) in [6.07, 6.45) is 10.4. The zero-order valence-electron chi connectivity index (χ0n) is 19.6. The van der Waals surface area contributed by atoms with Crippen molar-refractivity contribution in [1.29, 1.82) is 5.26 Å². The summed E-state index contributed by atoms with van der Waals surface area (Å²) in [4.78, 5) is 12.1. The van der Waals surface area contributed by atoms with Crippen LogP contribution in [0, 0.1) is 47.8 Å². The number of alkyl halides is 2. The zero-order chi connectivity index (χ0) is 24.5. The quantitative estimate of drug-likeness (QED) is 0.569. The van der Waals surface area contributed by atoms with Crippen molar-refractivity contribution in [3.63, 3.8) is 0 Å². The van der Waals surface area contributed by atoms with Crippen LogP contribution in [-0.2, 0) is 4.79 Å². The van der Waals surface area contributed by atoms with Crippen molar-refractivity contribution in [1.82, 2.24) is 0 Å². The minimum Gasteiger partial charge on any atom is -0.382 e. The summed E-state index contributed by atoms with van der Waals surface area (Å²) in [6, 6.07) is 8.00. The molecule has 5 atom stereocenters. The molecule has 3 nitrogen and oxygen atoms in total. The fraction of sp³-hybridized carbons (Fsp3) is 0.517. The lowest BCUT2D eigenvalue weighted by atomic mass is 9.50. The molecule has 4 aliphatic rings. The number of terminal acetylenes is 1. The van der Waals surface area contributed by atoms with Crippen molar-refractivity contribution < 1.29 is 18.7 Å². The number of aryl methyl sites for hydroxylation is 1. The first-order valence-corrected chi connectivity index (χ1v) is 12.1. The number of benzene rings is 1. The molecule has 0 aliphatic heterocycles. The van der Waals surface area contributed by atoms with Gasteiger partial charge in [0, 0.05) is 17.8 Å². The fourth-order valence-electron chi connectivity index (χ4n) is 7.58. The summed E-state index contributed by atoms with van der Waals surface area (Å²) in [6.45, 7) is 3.67. The molecule has 0 saturated heterocycles. The van der Waals surface area contributed by atoms with Gasteiger partial charge in [-0.1, -0.05) is 24.6 Å². The van der Waals surface area contributed by atoms with Crippen molar-refractivity contribution in [2.24, 2.45) is 17.3 Å². The van der Waals surface area contributed by atoms with Gasteiger partial charge in [0.2, 0.25) is 0 Å². The Hall–Kier alpha value is -2.76. The highest BCUT2D eigenvalue weighted by Gasteiger charge is 2.71. The number of carbonyl (C=O) groups excluding carboxylic acids is 1. The maximum Gasteiger partial charge on any atom is 0.336 e. The second kappa shape index (κ2) is 7.62. The first-order chi connectivity index (χ1) is 16.1. The molecule has 0 bridgehead atoms. The van der Waals surface area contributed by atoms with Crippen LogP contribution in [0.2, 0.25) is 0 Å². The summed E-state index contributed by atoms with van der Waals surface area (Å²) in [5.74, 6) is -2.19. The maximum absolute atomic E-state index is 15.1. The molecule has 0 radical (unpaired) electrons. The lowest BCUT2D eigenvalue weighted by molar-refractivity contribution is -0.209. The third-order valence-electron chi connectivity index (χ3n) is 9.37. The normalized spacial score (nSPS) is 35.0. The molecule has 0 aromatic heterocycles. The van der Waals surface area contributed by atoms with Gasteiger partial charge in [0.1, 0.15) is 5.60 Å². The number of halogens is 2. The SMILES string of the molecule is C#CC(F)(F)[C@]1(O)CCC2C3CCC4=CC(=O)CCC4=C3[C@@H](c3ccc(C)c(C#N)c3)C[C@@]21C. The standard InChI is InChI=1S/C29H29F2NO2/c1-4-29(30,31)28(34)12-11-25-23-9-7-19-14-21(33)8-10-22(19)26(23)24(15-27(25,28)3)18-6-5-17(2)20(13-18)16-32/h1,5-6,13-14,23-25,34H,7-12,15H2,2-3H3/t23?,24-,25?,27+,28+/m1/s1. The lowest BCUT2D eigenvalue weighted by Gasteiger charge is -2.55. The second-order valence-corrected chi connectivity index (χ2v) is 10.8. The molecule has 4 aliphatic carbocycles. The summed E-state index contributed by atoms with van der Waals surface area (Å²) < 4.78 is 30.2. The molecule has 1 aromatic carbocycles. The minimum atomic E-state index is -3.63. The van der Waals surface area contributed by atoms with Gasteiger partial charge in [-0.2, -0.15) is 14.0 Å². The average Bonchev–Trinajstić information content (AvgIpc) is 3.10. The Labute approximate surface area is 199 Å². The van der Waals surface area contributed by atoms with Gasteiger partial charge in [-0.25, -0.2) is 0 Å². The van der Waals surface area contributed by atoms with E-state index in [0.29, 0.717) is 31.2 Å². The number of allylic oxidation sites excluding steroid dienone is 4. The molecule has 0 amide bonds. The van der Waals surface area contributed by atoms with E-state index in [-0.39, 0.29) is 30.0 Å². The van der Waals surface area contributed by atoms with Crippen LogP contribution in [0.1, 0.15) is 74.5 Å². The monoisotopic (exact) mass is 461 g/mol. The number of aliphatic hydroxyl groups is 1. The third kappa shape index (κ3) is 2.99. The van der Waals surface area contributed by atoms with Crippen LogP contribution in [0.25, 0.3) is 0 Å².